The summed E-state index contributed by atoms with van der Waals surface area (Å²) < 4.78 is 14.2. The van der Waals surface area contributed by atoms with E-state index >= 15 is 0 Å². The summed E-state index contributed by atoms with van der Waals surface area (Å²) in [5, 5.41) is 9.49. The van der Waals surface area contributed by atoms with Gasteiger partial charge in [-0.25, -0.2) is 4.39 Å². The van der Waals surface area contributed by atoms with Gasteiger partial charge in [0.2, 0.25) is 0 Å². The number of aromatic hydroxyl groups is 1. The molecule has 1 nitrogen and oxygen atoms in total. The molecule has 0 amide bonds. The molecule has 0 atom stereocenters. The highest BCUT2D eigenvalue weighted by atomic mass is 79.9. The molecule has 0 aliphatic carbocycles. The molecule has 1 N–H and O–H groups in total. The molecule has 0 radical (unpaired) electrons. The van der Waals surface area contributed by atoms with Crippen molar-refractivity contribution >= 4 is 15.9 Å². The van der Waals surface area contributed by atoms with Gasteiger partial charge in [-0.05, 0) is 47.9 Å². The lowest BCUT2D eigenvalue weighted by Crippen LogP contribution is -1.87. The van der Waals surface area contributed by atoms with Gasteiger partial charge >= 0.3 is 0 Å². The minimum Gasteiger partial charge on any atom is -0.508 e. The molecule has 2 rings (SSSR count). The zero-order valence-corrected chi connectivity index (χ0v) is 10.3. The third kappa shape index (κ3) is 2.09. The van der Waals surface area contributed by atoms with E-state index in [1.165, 1.54) is 6.07 Å². The van der Waals surface area contributed by atoms with Gasteiger partial charge in [-0.1, -0.05) is 28.1 Å². The van der Waals surface area contributed by atoms with Crippen molar-refractivity contribution in [3.63, 3.8) is 0 Å². The first kappa shape index (κ1) is 11.1. The second kappa shape index (κ2) is 4.26. The lowest BCUT2D eigenvalue weighted by molar-refractivity contribution is 0.475. The fraction of sp³-hybridized carbons (Fsp3) is 0.0769. The third-order valence-corrected chi connectivity index (χ3v) is 2.92. The van der Waals surface area contributed by atoms with E-state index in [1.807, 2.05) is 12.1 Å². The van der Waals surface area contributed by atoms with Crippen molar-refractivity contribution < 1.29 is 9.50 Å². The van der Waals surface area contributed by atoms with Crippen LogP contribution in [0.4, 0.5) is 4.39 Å². The second-order valence-electron chi connectivity index (χ2n) is 3.61. The van der Waals surface area contributed by atoms with E-state index < -0.39 is 0 Å². The minimum atomic E-state index is -0.239. The van der Waals surface area contributed by atoms with E-state index in [9.17, 15) is 9.50 Å². The Kier molecular flexibility index (Phi) is 2.97. The summed E-state index contributed by atoms with van der Waals surface area (Å²) in [6.07, 6.45) is 0. The molecule has 16 heavy (non-hydrogen) atoms. The summed E-state index contributed by atoms with van der Waals surface area (Å²) in [6, 6.07) is 9.98. The van der Waals surface area contributed by atoms with E-state index in [-0.39, 0.29) is 11.6 Å². The van der Waals surface area contributed by atoms with Crippen molar-refractivity contribution in [2.75, 3.05) is 0 Å². The maximum atomic E-state index is 13.4. The van der Waals surface area contributed by atoms with Crippen LogP contribution in [0, 0.1) is 12.7 Å². The van der Waals surface area contributed by atoms with Gasteiger partial charge in [0, 0.05) is 4.47 Å². The molecule has 2 aromatic rings. The van der Waals surface area contributed by atoms with Gasteiger partial charge < -0.3 is 5.11 Å². The van der Waals surface area contributed by atoms with Crippen molar-refractivity contribution in [1.82, 2.24) is 0 Å². The molecule has 0 aromatic heterocycles. The van der Waals surface area contributed by atoms with Gasteiger partial charge in [-0.3, -0.25) is 0 Å². The molecule has 0 spiro atoms. The van der Waals surface area contributed by atoms with E-state index in [0.717, 1.165) is 15.6 Å². The molecule has 0 aliphatic rings. The van der Waals surface area contributed by atoms with Gasteiger partial charge in [0.15, 0.2) is 0 Å². The predicted molar refractivity (Wildman–Crippen MR) is 65.9 cm³/mol. The van der Waals surface area contributed by atoms with Crippen LogP contribution in [0.15, 0.2) is 40.9 Å². The lowest BCUT2D eigenvalue weighted by atomic mass is 10.0. The number of halogens is 2. The van der Waals surface area contributed by atoms with Crippen molar-refractivity contribution in [3.8, 4) is 16.9 Å². The number of benzene rings is 2. The van der Waals surface area contributed by atoms with E-state index in [4.69, 9.17) is 0 Å². The largest absolute Gasteiger partial charge is 0.508 e. The summed E-state index contributed by atoms with van der Waals surface area (Å²) in [5.74, 6) is -0.0787. The van der Waals surface area contributed by atoms with Crippen LogP contribution in [0.3, 0.4) is 0 Å². The Balaban J connectivity index is 2.63. The topological polar surface area (TPSA) is 20.2 Å². The van der Waals surface area contributed by atoms with Gasteiger partial charge in [0.25, 0.3) is 0 Å². The molecule has 0 heterocycles. The van der Waals surface area contributed by atoms with Gasteiger partial charge in [0.05, 0.1) is 0 Å². The highest BCUT2D eigenvalue weighted by Gasteiger charge is 2.07. The number of phenolic OH excluding ortho intramolecular Hbond substituents is 1. The van der Waals surface area contributed by atoms with Crippen molar-refractivity contribution in [2.45, 2.75) is 6.92 Å². The molecular weight excluding hydrogens is 271 g/mol. The summed E-state index contributed by atoms with van der Waals surface area (Å²) in [5.41, 5.74) is 2.17. The van der Waals surface area contributed by atoms with Gasteiger partial charge in [-0.15, -0.1) is 0 Å². The first-order valence-corrected chi connectivity index (χ1v) is 5.62. The smallest absolute Gasteiger partial charge is 0.126 e. The summed E-state index contributed by atoms with van der Waals surface area (Å²) in [7, 11) is 0. The molecule has 3 heteroatoms. The molecular formula is C13H10BrFO. The van der Waals surface area contributed by atoms with E-state index in [1.54, 1.807) is 25.1 Å². The Bertz CT molecular complexity index is 517. The van der Waals surface area contributed by atoms with Crippen LogP contribution in [0.2, 0.25) is 0 Å². The van der Waals surface area contributed by atoms with Gasteiger partial charge in [0.1, 0.15) is 11.6 Å². The Hall–Kier alpha value is -1.35. The van der Waals surface area contributed by atoms with Gasteiger partial charge in [-0.2, -0.15) is 0 Å². The Labute approximate surface area is 102 Å². The molecule has 0 fully saturated rings. The minimum absolute atomic E-state index is 0.160. The molecule has 0 saturated carbocycles. The van der Waals surface area contributed by atoms with Crippen LogP contribution in [0.25, 0.3) is 11.1 Å². The molecule has 82 valence electrons. The Morgan fingerprint density at radius 3 is 2.62 bits per heavy atom. The van der Waals surface area contributed by atoms with Crippen LogP contribution in [0.5, 0.6) is 5.75 Å². The lowest BCUT2D eigenvalue weighted by Gasteiger charge is -2.08. The fourth-order valence-electron chi connectivity index (χ4n) is 1.65. The molecule has 0 unspecified atom stereocenters. The third-order valence-electron chi connectivity index (χ3n) is 2.46. The fourth-order valence-corrected chi connectivity index (χ4v) is 2.13. The summed E-state index contributed by atoms with van der Waals surface area (Å²) in [6.45, 7) is 1.72. The average Bonchev–Trinajstić information content (AvgIpc) is 2.20. The Morgan fingerprint density at radius 2 is 1.94 bits per heavy atom. The summed E-state index contributed by atoms with van der Waals surface area (Å²) >= 11 is 3.30. The normalized spacial score (nSPS) is 10.4. The van der Waals surface area contributed by atoms with E-state index in [0.29, 0.717) is 5.56 Å². The first-order chi connectivity index (χ1) is 7.58. The summed E-state index contributed by atoms with van der Waals surface area (Å²) in [4.78, 5) is 0. The first-order valence-electron chi connectivity index (χ1n) is 4.83. The SMILES string of the molecule is Cc1c(F)cccc1-c1cc(O)cc(Br)c1. The Morgan fingerprint density at radius 1 is 1.19 bits per heavy atom. The quantitative estimate of drug-likeness (QED) is 0.827. The van der Waals surface area contributed by atoms with Crippen LogP contribution in [0.1, 0.15) is 5.56 Å². The van der Waals surface area contributed by atoms with Crippen LogP contribution in [-0.2, 0) is 0 Å². The highest BCUT2D eigenvalue weighted by molar-refractivity contribution is 9.10. The average molecular weight is 281 g/mol. The molecule has 0 bridgehead atoms. The standard InChI is InChI=1S/C13H10BrFO/c1-8-12(3-2-4-13(8)15)9-5-10(14)7-11(16)6-9/h2-7,16H,1H3. The van der Waals surface area contributed by atoms with Crippen molar-refractivity contribution in [3.05, 3.63) is 52.3 Å². The maximum Gasteiger partial charge on any atom is 0.126 e. The zero-order chi connectivity index (χ0) is 11.7. The second-order valence-corrected chi connectivity index (χ2v) is 4.53. The van der Waals surface area contributed by atoms with Crippen LogP contribution in [-0.4, -0.2) is 5.11 Å². The monoisotopic (exact) mass is 280 g/mol. The molecule has 0 saturated heterocycles. The van der Waals surface area contributed by atoms with Crippen LogP contribution >= 0.6 is 15.9 Å². The predicted octanol–water partition coefficient (Wildman–Crippen LogP) is 4.27. The van der Waals surface area contributed by atoms with Crippen LogP contribution < -0.4 is 0 Å². The molecule has 0 aliphatic heterocycles. The number of rotatable bonds is 1. The number of phenols is 1. The number of hydrogen-bond acceptors (Lipinski definition) is 1. The number of hydrogen-bond donors (Lipinski definition) is 1. The van der Waals surface area contributed by atoms with Crippen molar-refractivity contribution in [1.29, 1.82) is 0 Å². The van der Waals surface area contributed by atoms with Crippen molar-refractivity contribution in [2.24, 2.45) is 0 Å². The van der Waals surface area contributed by atoms with E-state index in [2.05, 4.69) is 15.9 Å². The maximum absolute atomic E-state index is 13.4. The molecule has 2 aromatic carbocycles. The zero-order valence-electron chi connectivity index (χ0n) is 8.67. The highest BCUT2D eigenvalue weighted by Crippen LogP contribution is 2.30.